The van der Waals surface area contributed by atoms with Crippen LogP contribution in [0.25, 0.3) is 101 Å². The highest BCUT2D eigenvalue weighted by molar-refractivity contribution is 5.85. The average molecular weight is 767 g/mol. The molecule has 4 heteroatoms. The summed E-state index contributed by atoms with van der Waals surface area (Å²) in [6.45, 7) is 0. The topological polar surface area (TPSA) is 51.6 Å². The molecule has 10 aromatic rings. The van der Waals surface area contributed by atoms with Crippen LogP contribution in [0, 0.1) is 0 Å². The van der Waals surface area contributed by atoms with Crippen molar-refractivity contribution in [3.05, 3.63) is 231 Å². The highest BCUT2D eigenvalue weighted by Gasteiger charge is 2.15. The Morgan fingerprint density at radius 3 is 0.850 bits per heavy atom. The summed E-state index contributed by atoms with van der Waals surface area (Å²) in [6.07, 6.45) is 7.35. The van der Waals surface area contributed by atoms with Crippen LogP contribution < -0.4 is 0 Å². The quantitative estimate of drug-likeness (QED) is 0.147. The molecule has 3 aromatic heterocycles. The Balaban J connectivity index is 1.13. The van der Waals surface area contributed by atoms with Crippen LogP contribution in [0.2, 0.25) is 0 Å². The van der Waals surface area contributed by atoms with Gasteiger partial charge in [0.1, 0.15) is 0 Å². The van der Waals surface area contributed by atoms with Gasteiger partial charge in [0.25, 0.3) is 0 Å². The number of nitrogens with zero attached hydrogens (tertiary/aromatic N) is 4. The van der Waals surface area contributed by atoms with E-state index in [1.165, 1.54) is 0 Å². The van der Waals surface area contributed by atoms with E-state index in [1.54, 1.807) is 0 Å². The third-order valence-electron chi connectivity index (χ3n) is 10.9. The molecule has 0 saturated carbocycles. The van der Waals surface area contributed by atoms with Crippen molar-refractivity contribution in [3.8, 4) is 101 Å². The Morgan fingerprint density at radius 1 is 0.200 bits per heavy atom. The molecule has 4 nitrogen and oxygen atoms in total. The zero-order valence-corrected chi connectivity index (χ0v) is 32.7. The number of benzene rings is 7. The van der Waals surface area contributed by atoms with Crippen LogP contribution in [0.4, 0.5) is 0 Å². The second-order valence-electron chi connectivity index (χ2n) is 14.8. The molecule has 0 N–H and O–H groups in total. The van der Waals surface area contributed by atoms with E-state index < -0.39 is 0 Å². The molecule has 0 unspecified atom stereocenters. The zero-order valence-electron chi connectivity index (χ0n) is 32.7. The van der Waals surface area contributed by atoms with Gasteiger partial charge >= 0.3 is 0 Å². The van der Waals surface area contributed by atoms with Crippen LogP contribution in [0.3, 0.4) is 0 Å². The first-order valence-electron chi connectivity index (χ1n) is 20.1. The first-order chi connectivity index (χ1) is 29.7. The summed E-state index contributed by atoms with van der Waals surface area (Å²) in [5.41, 5.74) is 18.3. The SMILES string of the molecule is c1ccc(-c2cc(-c3ccccc3)nc(-c3cc(-c4cccc(-c5cccc(-c6ccncc6)c5)c4)cc(-c4cccc(-c5cccc(-c6ccncc6)c5)c4)c3)n2)cc1. The summed E-state index contributed by atoms with van der Waals surface area (Å²) < 4.78 is 0. The number of hydrogen-bond donors (Lipinski definition) is 0. The van der Waals surface area contributed by atoms with Gasteiger partial charge in [-0.3, -0.25) is 9.97 Å². The maximum absolute atomic E-state index is 5.26. The molecule has 0 atom stereocenters. The number of aromatic nitrogens is 4. The molecule has 60 heavy (non-hydrogen) atoms. The van der Waals surface area contributed by atoms with E-state index in [0.717, 1.165) is 94.8 Å². The fourth-order valence-electron chi connectivity index (χ4n) is 7.78. The minimum atomic E-state index is 0.667. The Labute approximate surface area is 350 Å². The van der Waals surface area contributed by atoms with Crippen LogP contribution in [-0.2, 0) is 0 Å². The molecule has 0 spiro atoms. The van der Waals surface area contributed by atoms with Gasteiger partial charge in [0.2, 0.25) is 0 Å². The minimum absolute atomic E-state index is 0.667. The molecule has 0 saturated heterocycles. The summed E-state index contributed by atoms with van der Waals surface area (Å²) in [7, 11) is 0. The molecule has 0 amide bonds. The lowest BCUT2D eigenvalue weighted by molar-refractivity contribution is 1.18. The highest BCUT2D eigenvalue weighted by atomic mass is 14.9. The normalized spacial score (nSPS) is 11.0. The number of rotatable bonds is 9. The van der Waals surface area contributed by atoms with Crippen molar-refractivity contribution in [2.24, 2.45) is 0 Å². The van der Waals surface area contributed by atoms with Crippen molar-refractivity contribution in [2.45, 2.75) is 0 Å². The molecule has 0 fully saturated rings. The fourth-order valence-corrected chi connectivity index (χ4v) is 7.78. The smallest absolute Gasteiger partial charge is 0.160 e. The summed E-state index contributed by atoms with van der Waals surface area (Å²) in [5.74, 6) is 0.667. The predicted molar refractivity (Wildman–Crippen MR) is 247 cm³/mol. The van der Waals surface area contributed by atoms with Gasteiger partial charge in [-0.2, -0.15) is 0 Å². The van der Waals surface area contributed by atoms with E-state index >= 15 is 0 Å². The van der Waals surface area contributed by atoms with Crippen molar-refractivity contribution in [1.82, 2.24) is 19.9 Å². The highest BCUT2D eigenvalue weighted by Crippen LogP contribution is 2.37. The summed E-state index contributed by atoms with van der Waals surface area (Å²) in [5, 5.41) is 0. The van der Waals surface area contributed by atoms with E-state index in [1.807, 2.05) is 61.2 Å². The molecule has 0 aliphatic carbocycles. The molecule has 3 heterocycles. The van der Waals surface area contributed by atoms with E-state index in [2.05, 4.69) is 180 Å². The third-order valence-corrected chi connectivity index (χ3v) is 10.9. The molecule has 0 aliphatic rings. The molecule has 0 radical (unpaired) electrons. The maximum Gasteiger partial charge on any atom is 0.160 e. The van der Waals surface area contributed by atoms with E-state index in [9.17, 15) is 0 Å². The first-order valence-corrected chi connectivity index (χ1v) is 20.1. The van der Waals surface area contributed by atoms with Crippen molar-refractivity contribution in [2.75, 3.05) is 0 Å². The van der Waals surface area contributed by atoms with Crippen molar-refractivity contribution in [3.63, 3.8) is 0 Å². The third kappa shape index (κ3) is 7.78. The lowest BCUT2D eigenvalue weighted by Crippen LogP contribution is -1.97. The molecule has 0 bridgehead atoms. The Bertz CT molecular complexity index is 2870. The number of hydrogen-bond acceptors (Lipinski definition) is 4. The van der Waals surface area contributed by atoms with Crippen LogP contribution >= 0.6 is 0 Å². The zero-order chi connectivity index (χ0) is 40.1. The van der Waals surface area contributed by atoms with Gasteiger partial charge in [-0.25, -0.2) is 9.97 Å². The van der Waals surface area contributed by atoms with Gasteiger partial charge in [-0.1, -0.05) is 133 Å². The van der Waals surface area contributed by atoms with Crippen LogP contribution in [0.1, 0.15) is 0 Å². The van der Waals surface area contributed by atoms with Gasteiger partial charge < -0.3 is 0 Å². The molecular weight excluding hydrogens is 729 g/mol. The number of pyridine rings is 2. The predicted octanol–water partition coefficient (Wildman–Crippen LogP) is 14.3. The largest absolute Gasteiger partial charge is 0.265 e. The van der Waals surface area contributed by atoms with Crippen molar-refractivity contribution < 1.29 is 0 Å². The molecule has 0 aliphatic heterocycles. The van der Waals surface area contributed by atoms with E-state index in [4.69, 9.17) is 9.97 Å². The van der Waals surface area contributed by atoms with Gasteiger partial charge in [0.15, 0.2) is 5.82 Å². The first kappa shape index (κ1) is 36.3. The second kappa shape index (κ2) is 16.4. The van der Waals surface area contributed by atoms with Crippen molar-refractivity contribution in [1.29, 1.82) is 0 Å². The summed E-state index contributed by atoms with van der Waals surface area (Å²) in [6, 6.07) is 72.7. The van der Waals surface area contributed by atoms with Crippen LogP contribution in [-0.4, -0.2) is 19.9 Å². The summed E-state index contributed by atoms with van der Waals surface area (Å²) >= 11 is 0. The Kier molecular flexibility index (Phi) is 9.92. The van der Waals surface area contributed by atoms with Crippen molar-refractivity contribution >= 4 is 0 Å². The Hall–Kier alpha value is -8.08. The fraction of sp³-hybridized carbons (Fsp3) is 0. The second-order valence-corrected chi connectivity index (χ2v) is 14.8. The molecular formula is C56H38N4. The molecule has 282 valence electrons. The molecule has 7 aromatic carbocycles. The van der Waals surface area contributed by atoms with Crippen LogP contribution in [0.5, 0.6) is 0 Å². The van der Waals surface area contributed by atoms with Gasteiger partial charge in [-0.15, -0.1) is 0 Å². The molecule has 10 rings (SSSR count). The monoisotopic (exact) mass is 766 g/mol. The lowest BCUT2D eigenvalue weighted by atomic mass is 9.92. The summed E-state index contributed by atoms with van der Waals surface area (Å²) in [4.78, 5) is 19.0. The Morgan fingerprint density at radius 2 is 0.483 bits per heavy atom. The van der Waals surface area contributed by atoms with E-state index in [0.29, 0.717) is 5.82 Å². The van der Waals surface area contributed by atoms with Gasteiger partial charge in [-0.05, 0) is 140 Å². The van der Waals surface area contributed by atoms with E-state index in [-0.39, 0.29) is 0 Å². The minimum Gasteiger partial charge on any atom is -0.265 e. The van der Waals surface area contributed by atoms with Gasteiger partial charge in [0.05, 0.1) is 11.4 Å². The average Bonchev–Trinajstić information content (AvgIpc) is 3.35. The van der Waals surface area contributed by atoms with Crippen LogP contribution in [0.15, 0.2) is 231 Å². The standard InChI is InChI=1S/C56H38N4/c1-3-11-41(12-4-1)54-38-55(42-13-5-2-6-14-42)60-56(59-54)53-36-51(49-21-9-19-47(33-49)45-17-7-15-43(31-45)39-23-27-57-28-24-39)35-52(37-53)50-22-10-20-48(34-50)46-18-8-16-44(32-46)40-25-29-58-30-26-40/h1-38H. The maximum atomic E-state index is 5.26. The van der Waals surface area contributed by atoms with Gasteiger partial charge in [0, 0.05) is 41.5 Å². The lowest BCUT2D eigenvalue weighted by Gasteiger charge is -2.14.